The van der Waals surface area contributed by atoms with Crippen LogP contribution >= 0.6 is 23.2 Å². The van der Waals surface area contributed by atoms with Crippen molar-refractivity contribution in [3.63, 3.8) is 0 Å². The van der Waals surface area contributed by atoms with Gasteiger partial charge in [-0.1, -0.05) is 23.2 Å². The standard InChI is InChI=1S/C9H12Cl2N2O4S2/c1-12-18(14,15)5-4-13-19(16,17)7-2-3-8(10)9(11)6-7/h2-3,6,12-13H,4-5H2,1H3. The van der Waals surface area contributed by atoms with E-state index in [2.05, 4.69) is 9.44 Å². The Morgan fingerprint density at radius 3 is 2.26 bits per heavy atom. The number of sulfonamides is 2. The molecule has 0 fully saturated rings. The summed E-state index contributed by atoms with van der Waals surface area (Å²) in [7, 11) is -6.03. The van der Waals surface area contributed by atoms with Gasteiger partial charge >= 0.3 is 0 Å². The molecule has 2 N–H and O–H groups in total. The summed E-state index contributed by atoms with van der Waals surface area (Å²) in [6.07, 6.45) is 0. The van der Waals surface area contributed by atoms with Gasteiger partial charge in [-0.15, -0.1) is 0 Å². The number of halogens is 2. The zero-order valence-corrected chi connectivity index (χ0v) is 13.0. The van der Waals surface area contributed by atoms with Gasteiger partial charge in [-0.2, -0.15) is 0 Å². The maximum atomic E-state index is 11.8. The van der Waals surface area contributed by atoms with Crippen LogP contribution in [0.2, 0.25) is 10.0 Å². The highest BCUT2D eigenvalue weighted by Gasteiger charge is 2.16. The molecule has 19 heavy (non-hydrogen) atoms. The lowest BCUT2D eigenvalue weighted by molar-refractivity contribution is 0.578. The van der Waals surface area contributed by atoms with Crippen molar-refractivity contribution in [3.05, 3.63) is 28.2 Å². The normalized spacial score (nSPS) is 12.6. The molecule has 1 aromatic carbocycles. The van der Waals surface area contributed by atoms with Crippen molar-refractivity contribution >= 4 is 43.2 Å². The van der Waals surface area contributed by atoms with Crippen LogP contribution in [0.4, 0.5) is 0 Å². The van der Waals surface area contributed by atoms with Gasteiger partial charge in [0.25, 0.3) is 0 Å². The van der Waals surface area contributed by atoms with E-state index in [9.17, 15) is 16.8 Å². The second kappa shape index (κ2) is 6.38. The fourth-order valence-corrected chi connectivity index (χ4v) is 3.26. The van der Waals surface area contributed by atoms with Crippen LogP contribution in [-0.2, 0) is 20.0 Å². The van der Waals surface area contributed by atoms with E-state index in [1.165, 1.54) is 25.2 Å². The van der Waals surface area contributed by atoms with E-state index >= 15 is 0 Å². The average molecular weight is 347 g/mol. The summed E-state index contributed by atoms with van der Waals surface area (Å²) >= 11 is 11.4. The molecule has 10 heteroatoms. The van der Waals surface area contributed by atoms with Gasteiger partial charge in [-0.05, 0) is 25.2 Å². The molecule has 6 nitrogen and oxygen atoms in total. The van der Waals surface area contributed by atoms with Crippen LogP contribution in [0.1, 0.15) is 0 Å². The number of rotatable bonds is 6. The second-order valence-electron chi connectivity index (χ2n) is 3.50. The maximum Gasteiger partial charge on any atom is 0.240 e. The zero-order valence-electron chi connectivity index (χ0n) is 9.85. The van der Waals surface area contributed by atoms with Gasteiger partial charge < -0.3 is 0 Å². The molecule has 1 rings (SSSR count). The van der Waals surface area contributed by atoms with Crippen molar-refractivity contribution in [2.75, 3.05) is 19.3 Å². The van der Waals surface area contributed by atoms with Gasteiger partial charge in [0.15, 0.2) is 0 Å². The summed E-state index contributed by atoms with van der Waals surface area (Å²) in [6, 6.07) is 3.82. The Morgan fingerprint density at radius 1 is 1.11 bits per heavy atom. The molecule has 0 saturated heterocycles. The number of hydrogen-bond donors (Lipinski definition) is 2. The second-order valence-corrected chi connectivity index (χ2v) is 8.12. The molecule has 0 bridgehead atoms. The summed E-state index contributed by atoms with van der Waals surface area (Å²) < 4.78 is 50.2. The van der Waals surface area contributed by atoms with Crippen LogP contribution in [0.5, 0.6) is 0 Å². The molecule has 0 heterocycles. The van der Waals surface area contributed by atoms with Gasteiger partial charge in [0.05, 0.1) is 20.7 Å². The predicted octanol–water partition coefficient (Wildman–Crippen LogP) is 0.821. The molecule has 108 valence electrons. The molecular formula is C9H12Cl2N2O4S2. The number of hydrogen-bond acceptors (Lipinski definition) is 4. The van der Waals surface area contributed by atoms with Crippen LogP contribution in [-0.4, -0.2) is 36.2 Å². The molecule has 0 aromatic heterocycles. The summed E-state index contributed by atoms with van der Waals surface area (Å²) in [5, 5.41) is 0.339. The van der Waals surface area contributed by atoms with Crippen LogP contribution < -0.4 is 9.44 Å². The van der Waals surface area contributed by atoms with E-state index in [-0.39, 0.29) is 27.2 Å². The first-order valence-electron chi connectivity index (χ1n) is 5.04. The molecule has 0 amide bonds. The highest BCUT2D eigenvalue weighted by atomic mass is 35.5. The molecule has 0 radical (unpaired) electrons. The molecule has 0 saturated carbocycles. The minimum absolute atomic E-state index is 0.0799. The van der Waals surface area contributed by atoms with Gasteiger partial charge in [0, 0.05) is 6.54 Å². The first-order valence-corrected chi connectivity index (χ1v) is 8.93. The van der Waals surface area contributed by atoms with Crippen molar-refractivity contribution in [2.45, 2.75) is 4.90 Å². The maximum absolute atomic E-state index is 11.8. The lowest BCUT2D eigenvalue weighted by Gasteiger charge is -2.07. The van der Waals surface area contributed by atoms with Gasteiger partial charge in [0.1, 0.15) is 0 Å². The van der Waals surface area contributed by atoms with E-state index < -0.39 is 20.0 Å². The first kappa shape index (κ1) is 16.7. The van der Waals surface area contributed by atoms with E-state index in [0.29, 0.717) is 0 Å². The third-order valence-electron chi connectivity index (χ3n) is 2.18. The van der Waals surface area contributed by atoms with Gasteiger partial charge in [0.2, 0.25) is 20.0 Å². The number of nitrogens with one attached hydrogen (secondary N) is 2. The molecule has 1 aromatic rings. The Bertz CT molecular complexity index is 659. The molecule has 0 aliphatic carbocycles. The molecular weight excluding hydrogens is 335 g/mol. The van der Waals surface area contributed by atoms with Crippen molar-refractivity contribution < 1.29 is 16.8 Å². The SMILES string of the molecule is CNS(=O)(=O)CCNS(=O)(=O)c1ccc(Cl)c(Cl)c1. The third kappa shape index (κ3) is 4.90. The fourth-order valence-electron chi connectivity index (χ4n) is 1.14. The molecule has 0 aliphatic rings. The van der Waals surface area contributed by atoms with E-state index in [1.54, 1.807) is 0 Å². The lowest BCUT2D eigenvalue weighted by Crippen LogP contribution is -2.32. The minimum Gasteiger partial charge on any atom is -0.218 e. The van der Waals surface area contributed by atoms with Crippen molar-refractivity contribution in [3.8, 4) is 0 Å². The molecule has 0 aliphatic heterocycles. The lowest BCUT2D eigenvalue weighted by atomic mass is 10.4. The summed E-state index contributed by atoms with van der Waals surface area (Å²) in [5.74, 6) is -0.357. The summed E-state index contributed by atoms with van der Waals surface area (Å²) in [5.41, 5.74) is 0. The fraction of sp³-hybridized carbons (Fsp3) is 0.333. The first-order chi connectivity index (χ1) is 8.68. The Hall–Kier alpha value is -0.380. The quantitative estimate of drug-likeness (QED) is 0.797. The highest BCUT2D eigenvalue weighted by molar-refractivity contribution is 7.90. The minimum atomic E-state index is -3.82. The van der Waals surface area contributed by atoms with Crippen LogP contribution in [0.3, 0.4) is 0 Å². The summed E-state index contributed by atoms with van der Waals surface area (Å²) in [6.45, 7) is -0.244. The summed E-state index contributed by atoms with van der Waals surface area (Å²) in [4.78, 5) is -0.0799. The average Bonchev–Trinajstić information content (AvgIpc) is 2.32. The predicted molar refractivity (Wildman–Crippen MR) is 74.5 cm³/mol. The Kier molecular flexibility index (Phi) is 5.60. The van der Waals surface area contributed by atoms with Gasteiger partial charge in [-0.25, -0.2) is 26.3 Å². The third-order valence-corrected chi connectivity index (χ3v) is 5.74. The van der Waals surface area contributed by atoms with E-state index in [0.717, 1.165) is 0 Å². The van der Waals surface area contributed by atoms with Crippen LogP contribution in [0, 0.1) is 0 Å². The van der Waals surface area contributed by atoms with Crippen LogP contribution in [0.15, 0.2) is 23.1 Å². The number of benzene rings is 1. The van der Waals surface area contributed by atoms with E-state index in [4.69, 9.17) is 23.2 Å². The Labute approximate surface area is 122 Å². The van der Waals surface area contributed by atoms with Crippen molar-refractivity contribution in [2.24, 2.45) is 0 Å². The van der Waals surface area contributed by atoms with Crippen molar-refractivity contribution in [1.82, 2.24) is 9.44 Å². The topological polar surface area (TPSA) is 92.3 Å². The molecule has 0 unspecified atom stereocenters. The molecule has 0 atom stereocenters. The highest BCUT2D eigenvalue weighted by Crippen LogP contribution is 2.24. The van der Waals surface area contributed by atoms with Gasteiger partial charge in [-0.3, -0.25) is 0 Å². The monoisotopic (exact) mass is 346 g/mol. The Balaban J connectivity index is 2.79. The van der Waals surface area contributed by atoms with Crippen molar-refractivity contribution in [1.29, 1.82) is 0 Å². The largest absolute Gasteiger partial charge is 0.240 e. The Morgan fingerprint density at radius 2 is 1.74 bits per heavy atom. The smallest absolute Gasteiger partial charge is 0.218 e. The van der Waals surface area contributed by atoms with Crippen LogP contribution in [0.25, 0.3) is 0 Å². The van der Waals surface area contributed by atoms with E-state index in [1.807, 2.05) is 0 Å². The zero-order chi connectivity index (χ0) is 14.7. The molecule has 0 spiro atoms.